The highest BCUT2D eigenvalue weighted by Gasteiger charge is 2.14. The van der Waals surface area contributed by atoms with Crippen molar-refractivity contribution in [3.05, 3.63) is 0 Å². The summed E-state index contributed by atoms with van der Waals surface area (Å²) in [6.07, 6.45) is 1.50. The molecule has 0 heterocycles. The predicted molar refractivity (Wildman–Crippen MR) is 41.1 cm³/mol. The molecule has 0 aliphatic rings. The highest BCUT2D eigenvalue weighted by molar-refractivity contribution is 7.92. The zero-order valence-corrected chi connectivity index (χ0v) is 7.29. The minimum Gasteiger partial charge on any atom is -0.253 e. The van der Waals surface area contributed by atoms with Crippen LogP contribution in [-0.4, -0.2) is 15.7 Å². The summed E-state index contributed by atoms with van der Waals surface area (Å²) in [5.41, 5.74) is 0. The van der Waals surface area contributed by atoms with Crippen molar-refractivity contribution >= 4 is 9.73 Å². The lowest BCUT2D eigenvalue weighted by Crippen LogP contribution is -2.20. The van der Waals surface area contributed by atoms with Crippen molar-refractivity contribution in [2.75, 3.05) is 6.26 Å². The van der Waals surface area contributed by atoms with E-state index in [1.165, 1.54) is 6.26 Å². The van der Waals surface area contributed by atoms with Gasteiger partial charge >= 0.3 is 0 Å². The average Bonchev–Trinajstić information content (AvgIpc) is 1.62. The first-order valence-electron chi connectivity index (χ1n) is 3.08. The van der Waals surface area contributed by atoms with E-state index in [0.717, 1.165) is 0 Å². The van der Waals surface area contributed by atoms with E-state index in [-0.39, 0.29) is 5.25 Å². The number of nitrogens with one attached hydrogen (secondary N) is 1. The molecule has 0 saturated heterocycles. The maximum absolute atomic E-state index is 11.0. The Balaban J connectivity index is 4.24. The fourth-order valence-corrected chi connectivity index (χ4v) is 1.56. The maximum Gasteiger partial charge on any atom is 0.0441 e. The van der Waals surface area contributed by atoms with Crippen molar-refractivity contribution < 1.29 is 4.21 Å². The third-order valence-electron chi connectivity index (χ3n) is 1.65. The maximum atomic E-state index is 11.0. The summed E-state index contributed by atoms with van der Waals surface area (Å²) in [5.74, 6) is 0.347. The first kappa shape index (κ1) is 8.95. The summed E-state index contributed by atoms with van der Waals surface area (Å²) in [7, 11) is -2.30. The fourth-order valence-electron chi connectivity index (χ4n) is 0.519. The van der Waals surface area contributed by atoms with Crippen LogP contribution in [0.5, 0.6) is 0 Å². The summed E-state index contributed by atoms with van der Waals surface area (Å²) in [4.78, 5) is 0. The zero-order valence-electron chi connectivity index (χ0n) is 6.47. The van der Waals surface area contributed by atoms with Gasteiger partial charge in [0.05, 0.1) is 0 Å². The lowest BCUT2D eigenvalue weighted by Gasteiger charge is -2.14. The van der Waals surface area contributed by atoms with E-state index in [0.29, 0.717) is 5.92 Å². The Hall–Kier alpha value is -0.0500. The molecule has 0 radical (unpaired) electrons. The molecule has 0 bridgehead atoms. The Morgan fingerprint density at radius 3 is 1.67 bits per heavy atom. The van der Waals surface area contributed by atoms with Crippen molar-refractivity contribution in [2.24, 2.45) is 5.92 Å². The smallest absolute Gasteiger partial charge is 0.0441 e. The van der Waals surface area contributed by atoms with Crippen LogP contribution in [0.1, 0.15) is 20.8 Å². The number of hydrogen-bond donors (Lipinski definition) is 1. The van der Waals surface area contributed by atoms with Crippen LogP contribution in [0.2, 0.25) is 0 Å². The summed E-state index contributed by atoms with van der Waals surface area (Å²) in [5, 5.41) is 0.0116. The Morgan fingerprint density at radius 1 is 1.33 bits per heavy atom. The SMILES string of the molecule is CC(C)[C@@H](C)[S@@](C)(=N)=O. The van der Waals surface area contributed by atoms with Crippen LogP contribution >= 0.6 is 0 Å². The minimum absolute atomic E-state index is 0.0116. The Kier molecular flexibility index (Phi) is 2.67. The van der Waals surface area contributed by atoms with Gasteiger partial charge in [0.15, 0.2) is 0 Å². The molecule has 56 valence electrons. The molecule has 0 aromatic rings. The summed E-state index contributed by atoms with van der Waals surface area (Å²) >= 11 is 0. The Bertz CT molecular complexity index is 169. The molecule has 1 N–H and O–H groups in total. The van der Waals surface area contributed by atoms with Crippen LogP contribution < -0.4 is 0 Å². The molecule has 9 heavy (non-hydrogen) atoms. The fraction of sp³-hybridized carbons (Fsp3) is 1.00. The van der Waals surface area contributed by atoms with Crippen molar-refractivity contribution in [1.82, 2.24) is 0 Å². The second-order valence-electron chi connectivity index (χ2n) is 2.85. The molecule has 0 fully saturated rings. The molecule has 0 amide bonds. The monoisotopic (exact) mass is 149 g/mol. The van der Waals surface area contributed by atoms with Crippen LogP contribution in [0.25, 0.3) is 0 Å². The van der Waals surface area contributed by atoms with Crippen LogP contribution in [0.15, 0.2) is 0 Å². The van der Waals surface area contributed by atoms with Crippen molar-refractivity contribution in [1.29, 1.82) is 4.78 Å². The third-order valence-corrected chi connectivity index (χ3v) is 3.61. The van der Waals surface area contributed by atoms with Crippen LogP contribution in [-0.2, 0) is 9.73 Å². The molecular formula is C6H15NOS. The standard InChI is InChI=1S/C6H15NOS/c1-5(2)6(3)9(4,7)8/h5-7H,1-4H3/t6-,9+/m1/s1. The van der Waals surface area contributed by atoms with Gasteiger partial charge in [-0.05, 0) is 12.8 Å². The van der Waals surface area contributed by atoms with Crippen molar-refractivity contribution in [2.45, 2.75) is 26.0 Å². The molecule has 0 rings (SSSR count). The topological polar surface area (TPSA) is 40.9 Å². The van der Waals surface area contributed by atoms with Crippen LogP contribution in [0, 0.1) is 10.7 Å². The molecule has 0 aromatic heterocycles. The second kappa shape index (κ2) is 2.69. The zero-order chi connectivity index (χ0) is 7.65. The van der Waals surface area contributed by atoms with Crippen LogP contribution in [0.4, 0.5) is 0 Å². The van der Waals surface area contributed by atoms with Gasteiger partial charge < -0.3 is 0 Å². The van der Waals surface area contributed by atoms with E-state index in [1.54, 1.807) is 0 Å². The highest BCUT2D eigenvalue weighted by Crippen LogP contribution is 2.09. The molecule has 2 nitrogen and oxygen atoms in total. The van der Waals surface area contributed by atoms with E-state index >= 15 is 0 Å². The average molecular weight is 149 g/mol. The van der Waals surface area contributed by atoms with E-state index < -0.39 is 9.73 Å². The van der Waals surface area contributed by atoms with E-state index in [9.17, 15) is 4.21 Å². The van der Waals surface area contributed by atoms with Gasteiger partial charge in [-0.25, -0.2) is 4.21 Å². The van der Waals surface area contributed by atoms with Gasteiger partial charge in [0.2, 0.25) is 0 Å². The van der Waals surface area contributed by atoms with E-state index in [1.807, 2.05) is 20.8 Å². The van der Waals surface area contributed by atoms with E-state index in [2.05, 4.69) is 0 Å². The van der Waals surface area contributed by atoms with Gasteiger partial charge in [0, 0.05) is 21.2 Å². The molecule has 0 aliphatic carbocycles. The third kappa shape index (κ3) is 2.84. The van der Waals surface area contributed by atoms with Gasteiger partial charge in [0.25, 0.3) is 0 Å². The lowest BCUT2D eigenvalue weighted by atomic mass is 10.2. The molecule has 3 heteroatoms. The van der Waals surface area contributed by atoms with Gasteiger partial charge in [-0.2, -0.15) is 0 Å². The number of rotatable bonds is 2. The molecule has 0 unspecified atom stereocenters. The largest absolute Gasteiger partial charge is 0.253 e. The summed E-state index contributed by atoms with van der Waals surface area (Å²) in [6.45, 7) is 5.84. The Morgan fingerprint density at radius 2 is 1.67 bits per heavy atom. The minimum atomic E-state index is -2.30. The second-order valence-corrected chi connectivity index (χ2v) is 5.40. The molecule has 2 atom stereocenters. The first-order valence-corrected chi connectivity index (χ1v) is 5.11. The molecular weight excluding hydrogens is 134 g/mol. The lowest BCUT2D eigenvalue weighted by molar-refractivity contribution is 0.601. The van der Waals surface area contributed by atoms with Crippen molar-refractivity contribution in [3.8, 4) is 0 Å². The highest BCUT2D eigenvalue weighted by atomic mass is 32.2. The summed E-state index contributed by atoms with van der Waals surface area (Å²) < 4.78 is 18.2. The molecule has 0 aliphatic heterocycles. The van der Waals surface area contributed by atoms with Crippen molar-refractivity contribution in [3.63, 3.8) is 0 Å². The molecule has 0 spiro atoms. The van der Waals surface area contributed by atoms with Gasteiger partial charge in [-0.15, -0.1) is 0 Å². The normalized spacial score (nSPS) is 21.4. The molecule has 0 saturated carbocycles. The van der Waals surface area contributed by atoms with Gasteiger partial charge in [-0.1, -0.05) is 13.8 Å². The van der Waals surface area contributed by atoms with Gasteiger partial charge in [-0.3, -0.25) is 4.78 Å². The van der Waals surface area contributed by atoms with E-state index in [4.69, 9.17) is 4.78 Å². The predicted octanol–water partition coefficient (Wildman–Crippen LogP) is 1.71. The Labute approximate surface area is 57.6 Å². The first-order chi connectivity index (χ1) is 3.85. The van der Waals surface area contributed by atoms with Gasteiger partial charge in [0.1, 0.15) is 0 Å². The number of hydrogen-bond acceptors (Lipinski definition) is 2. The molecule has 0 aromatic carbocycles. The van der Waals surface area contributed by atoms with Crippen LogP contribution in [0.3, 0.4) is 0 Å². The summed E-state index contributed by atoms with van der Waals surface area (Å²) in [6, 6.07) is 0. The quantitative estimate of drug-likeness (QED) is 0.638.